The van der Waals surface area contributed by atoms with Gasteiger partial charge in [0.25, 0.3) is 0 Å². The first-order chi connectivity index (χ1) is 8.93. The molecule has 5 atom stereocenters. The van der Waals surface area contributed by atoms with E-state index in [4.69, 9.17) is 0 Å². The molecule has 112 valence electrons. The van der Waals surface area contributed by atoms with Crippen molar-refractivity contribution in [2.24, 2.45) is 17.8 Å². The second kappa shape index (κ2) is 6.13. The molecule has 0 amide bonds. The van der Waals surface area contributed by atoms with Crippen molar-refractivity contribution in [1.82, 2.24) is 5.32 Å². The van der Waals surface area contributed by atoms with Crippen LogP contribution in [0.2, 0.25) is 0 Å². The number of sulfone groups is 1. The molecule has 0 bridgehead atoms. The number of rotatable bonds is 4. The number of hydrogen-bond acceptors (Lipinski definition) is 3. The van der Waals surface area contributed by atoms with Crippen LogP contribution in [0.25, 0.3) is 0 Å². The molecule has 0 aliphatic heterocycles. The van der Waals surface area contributed by atoms with Crippen LogP contribution in [0.15, 0.2) is 0 Å². The van der Waals surface area contributed by atoms with Gasteiger partial charge in [0.05, 0.1) is 5.25 Å². The van der Waals surface area contributed by atoms with E-state index in [1.165, 1.54) is 31.9 Å². The molecule has 0 radical (unpaired) electrons. The van der Waals surface area contributed by atoms with Crippen molar-refractivity contribution in [2.45, 2.75) is 63.2 Å². The highest BCUT2D eigenvalue weighted by atomic mass is 32.2. The van der Waals surface area contributed by atoms with Gasteiger partial charge in [-0.2, -0.15) is 0 Å². The third-order valence-corrected chi connectivity index (χ3v) is 7.14. The maximum absolute atomic E-state index is 11.8. The number of nitrogens with one attached hydrogen (secondary N) is 1. The van der Waals surface area contributed by atoms with E-state index < -0.39 is 9.84 Å². The predicted octanol–water partition coefficient (Wildman–Crippen LogP) is 2.61. The summed E-state index contributed by atoms with van der Waals surface area (Å²) in [5.41, 5.74) is 0. The summed E-state index contributed by atoms with van der Waals surface area (Å²) < 4.78 is 23.6. The zero-order chi connectivity index (χ0) is 14.0. The first kappa shape index (κ1) is 15.3. The van der Waals surface area contributed by atoms with Gasteiger partial charge in [0.2, 0.25) is 0 Å². The molecule has 1 N–H and O–H groups in total. The molecule has 3 nitrogen and oxygen atoms in total. The van der Waals surface area contributed by atoms with E-state index in [1.54, 1.807) is 0 Å². The average molecular weight is 287 g/mol. The number of hydrogen-bond donors (Lipinski definition) is 1. The minimum Gasteiger partial charge on any atom is -0.316 e. The van der Waals surface area contributed by atoms with Gasteiger partial charge in [0.15, 0.2) is 0 Å². The molecule has 5 unspecified atom stereocenters. The summed E-state index contributed by atoms with van der Waals surface area (Å²) in [6.07, 6.45) is 9.40. The van der Waals surface area contributed by atoms with E-state index in [0.717, 1.165) is 31.1 Å². The molecule has 4 heteroatoms. The molecular weight excluding hydrogens is 258 g/mol. The van der Waals surface area contributed by atoms with E-state index in [9.17, 15) is 8.42 Å². The van der Waals surface area contributed by atoms with Gasteiger partial charge in [-0.25, -0.2) is 8.42 Å². The van der Waals surface area contributed by atoms with E-state index in [0.29, 0.717) is 12.0 Å². The van der Waals surface area contributed by atoms with Gasteiger partial charge in [0, 0.05) is 12.3 Å². The Kier molecular flexibility index (Phi) is 4.93. The van der Waals surface area contributed by atoms with Gasteiger partial charge >= 0.3 is 0 Å². The molecule has 2 aliphatic rings. The predicted molar refractivity (Wildman–Crippen MR) is 79.9 cm³/mol. The minimum absolute atomic E-state index is 0.0983. The lowest BCUT2D eigenvalue weighted by Gasteiger charge is -2.38. The van der Waals surface area contributed by atoms with Crippen molar-refractivity contribution in [3.8, 4) is 0 Å². The van der Waals surface area contributed by atoms with Crippen LogP contribution in [0.1, 0.15) is 51.9 Å². The van der Waals surface area contributed by atoms with Gasteiger partial charge < -0.3 is 5.32 Å². The Morgan fingerprint density at radius 1 is 1.11 bits per heavy atom. The molecule has 2 rings (SSSR count). The summed E-state index contributed by atoms with van der Waals surface area (Å²) in [4.78, 5) is 0. The van der Waals surface area contributed by atoms with E-state index in [1.807, 2.05) is 0 Å². The van der Waals surface area contributed by atoms with E-state index in [-0.39, 0.29) is 5.25 Å². The molecule has 0 aromatic carbocycles. The molecular formula is C15H29NO2S. The molecule has 19 heavy (non-hydrogen) atoms. The highest BCUT2D eigenvalue weighted by Gasteiger charge is 2.38. The Hall–Kier alpha value is -0.0900. The van der Waals surface area contributed by atoms with Crippen LogP contribution >= 0.6 is 0 Å². The quantitative estimate of drug-likeness (QED) is 0.864. The van der Waals surface area contributed by atoms with Crippen molar-refractivity contribution < 1.29 is 8.42 Å². The third-order valence-electron chi connectivity index (χ3n) is 5.50. The Morgan fingerprint density at radius 2 is 1.79 bits per heavy atom. The summed E-state index contributed by atoms with van der Waals surface area (Å²) in [7, 11) is -0.810. The van der Waals surface area contributed by atoms with Gasteiger partial charge in [-0.1, -0.05) is 26.2 Å². The lowest BCUT2D eigenvalue weighted by atomic mass is 9.75. The van der Waals surface area contributed by atoms with Crippen LogP contribution in [-0.2, 0) is 9.84 Å². The zero-order valence-corrected chi connectivity index (χ0v) is 13.4. The Bertz CT molecular complexity index is 393. The molecule has 0 aromatic rings. The van der Waals surface area contributed by atoms with Crippen molar-refractivity contribution in [3.63, 3.8) is 0 Å². The van der Waals surface area contributed by atoms with Crippen LogP contribution in [0.5, 0.6) is 0 Å². The van der Waals surface area contributed by atoms with Gasteiger partial charge in [-0.05, 0) is 50.5 Å². The van der Waals surface area contributed by atoms with E-state index in [2.05, 4.69) is 19.3 Å². The largest absolute Gasteiger partial charge is 0.316 e. The molecule has 0 saturated heterocycles. The van der Waals surface area contributed by atoms with Crippen molar-refractivity contribution in [1.29, 1.82) is 0 Å². The topological polar surface area (TPSA) is 46.2 Å². The second-order valence-corrected chi connectivity index (χ2v) is 9.09. The van der Waals surface area contributed by atoms with Gasteiger partial charge in [0.1, 0.15) is 9.84 Å². The highest BCUT2D eigenvalue weighted by molar-refractivity contribution is 7.91. The maximum Gasteiger partial charge on any atom is 0.150 e. The lowest BCUT2D eigenvalue weighted by molar-refractivity contribution is 0.191. The SMILES string of the molecule is CNC(C1CCCC(S(C)(=O)=O)C1)C1CCCC1C. The van der Waals surface area contributed by atoms with Crippen LogP contribution < -0.4 is 5.32 Å². The fourth-order valence-corrected chi connectivity index (χ4v) is 5.59. The highest BCUT2D eigenvalue weighted by Crippen LogP contribution is 2.40. The molecule has 0 aromatic heterocycles. The first-order valence-electron chi connectivity index (χ1n) is 7.79. The monoisotopic (exact) mass is 287 g/mol. The molecule has 2 aliphatic carbocycles. The van der Waals surface area contributed by atoms with Crippen molar-refractivity contribution in [3.05, 3.63) is 0 Å². The fourth-order valence-electron chi connectivity index (χ4n) is 4.40. The van der Waals surface area contributed by atoms with E-state index >= 15 is 0 Å². The maximum atomic E-state index is 11.8. The normalized spacial score (nSPS) is 38.3. The summed E-state index contributed by atoms with van der Waals surface area (Å²) >= 11 is 0. The zero-order valence-electron chi connectivity index (χ0n) is 12.6. The Morgan fingerprint density at radius 3 is 2.32 bits per heavy atom. The fraction of sp³-hybridized carbons (Fsp3) is 1.00. The third kappa shape index (κ3) is 3.52. The lowest BCUT2D eigenvalue weighted by Crippen LogP contribution is -2.44. The molecule has 0 spiro atoms. The van der Waals surface area contributed by atoms with Crippen LogP contribution in [0, 0.1) is 17.8 Å². The van der Waals surface area contributed by atoms with Crippen LogP contribution in [0.3, 0.4) is 0 Å². The average Bonchev–Trinajstić information content (AvgIpc) is 2.76. The van der Waals surface area contributed by atoms with Crippen LogP contribution in [-0.4, -0.2) is 33.0 Å². The summed E-state index contributed by atoms with van der Waals surface area (Å²) in [5.74, 6) is 2.08. The first-order valence-corrected chi connectivity index (χ1v) is 9.75. The van der Waals surface area contributed by atoms with Crippen LogP contribution in [0.4, 0.5) is 0 Å². The van der Waals surface area contributed by atoms with Crippen molar-refractivity contribution in [2.75, 3.05) is 13.3 Å². The summed E-state index contributed by atoms with van der Waals surface area (Å²) in [6.45, 7) is 2.36. The smallest absolute Gasteiger partial charge is 0.150 e. The Labute approximate surface area is 118 Å². The minimum atomic E-state index is -2.87. The summed E-state index contributed by atoms with van der Waals surface area (Å²) in [6, 6.07) is 0.516. The summed E-state index contributed by atoms with van der Waals surface area (Å²) in [5, 5.41) is 3.42. The molecule has 0 heterocycles. The second-order valence-electron chi connectivity index (χ2n) is 6.76. The molecule has 2 fully saturated rings. The standard InChI is InChI=1S/C15H29NO2S/c1-11-6-4-9-14(11)15(16-2)12-7-5-8-13(10-12)19(3,17)18/h11-16H,4-10H2,1-3H3. The Balaban J connectivity index is 2.06. The van der Waals surface area contributed by atoms with Crippen molar-refractivity contribution >= 4 is 9.84 Å². The van der Waals surface area contributed by atoms with Gasteiger partial charge in [-0.3, -0.25) is 0 Å². The van der Waals surface area contributed by atoms with Gasteiger partial charge in [-0.15, -0.1) is 0 Å². The molecule has 2 saturated carbocycles.